The van der Waals surface area contributed by atoms with Gasteiger partial charge in [-0.05, 0) is 37.2 Å². The topological polar surface area (TPSA) is 29.5 Å². The van der Waals surface area contributed by atoms with Crippen molar-refractivity contribution in [2.45, 2.75) is 32.1 Å². The van der Waals surface area contributed by atoms with E-state index in [9.17, 15) is 4.79 Å². The number of rotatable bonds is 6. The molecule has 1 aliphatic heterocycles. The smallest absolute Gasteiger partial charge is 0.222 e. The first kappa shape index (κ1) is 15.0. The van der Waals surface area contributed by atoms with Crippen molar-refractivity contribution in [1.29, 1.82) is 0 Å². The molecule has 1 unspecified atom stereocenters. The van der Waals surface area contributed by atoms with Crippen molar-refractivity contribution in [2.75, 3.05) is 26.8 Å². The molecule has 3 nitrogen and oxygen atoms in total. The monoisotopic (exact) mass is 275 g/mol. The number of hydrogen-bond acceptors (Lipinski definition) is 2. The van der Waals surface area contributed by atoms with Crippen LogP contribution < -0.4 is 0 Å². The standard InChI is InChI=1S/C17H25NO2/c1-18(12-11-15-6-3-2-4-7-15)17(19)10-9-16-8-5-13-20-14-16/h2-4,6-7,16H,5,8-14H2,1H3. The fourth-order valence-corrected chi connectivity index (χ4v) is 2.62. The van der Waals surface area contributed by atoms with Gasteiger partial charge >= 0.3 is 0 Å². The van der Waals surface area contributed by atoms with Gasteiger partial charge < -0.3 is 9.64 Å². The summed E-state index contributed by atoms with van der Waals surface area (Å²) in [6.07, 6.45) is 4.90. The van der Waals surface area contributed by atoms with E-state index in [0.29, 0.717) is 12.3 Å². The molecule has 110 valence electrons. The van der Waals surface area contributed by atoms with E-state index in [1.54, 1.807) is 0 Å². The van der Waals surface area contributed by atoms with Crippen molar-refractivity contribution < 1.29 is 9.53 Å². The average molecular weight is 275 g/mol. The van der Waals surface area contributed by atoms with Gasteiger partial charge in [-0.25, -0.2) is 0 Å². The first-order chi connectivity index (χ1) is 9.75. The number of likely N-dealkylation sites (N-methyl/N-ethyl adjacent to an activating group) is 1. The maximum absolute atomic E-state index is 12.1. The van der Waals surface area contributed by atoms with Crippen molar-refractivity contribution in [3.8, 4) is 0 Å². The van der Waals surface area contributed by atoms with Gasteiger partial charge in [0.15, 0.2) is 0 Å². The summed E-state index contributed by atoms with van der Waals surface area (Å²) in [4.78, 5) is 13.9. The molecule has 3 heteroatoms. The van der Waals surface area contributed by atoms with E-state index < -0.39 is 0 Å². The number of carbonyl (C=O) groups is 1. The molecule has 1 saturated heterocycles. The van der Waals surface area contributed by atoms with Crippen molar-refractivity contribution in [1.82, 2.24) is 4.90 Å². The van der Waals surface area contributed by atoms with E-state index in [2.05, 4.69) is 12.1 Å². The maximum atomic E-state index is 12.1. The van der Waals surface area contributed by atoms with Gasteiger partial charge in [-0.3, -0.25) is 4.79 Å². The molecule has 1 heterocycles. The highest BCUT2D eigenvalue weighted by Gasteiger charge is 2.16. The zero-order valence-corrected chi connectivity index (χ0v) is 12.4. The third kappa shape index (κ3) is 4.97. The van der Waals surface area contributed by atoms with Gasteiger partial charge in [-0.1, -0.05) is 30.3 Å². The van der Waals surface area contributed by atoms with Crippen LogP contribution in [0.25, 0.3) is 0 Å². The minimum atomic E-state index is 0.256. The predicted molar refractivity (Wildman–Crippen MR) is 80.6 cm³/mol. The van der Waals surface area contributed by atoms with Gasteiger partial charge in [0.2, 0.25) is 5.91 Å². The van der Waals surface area contributed by atoms with Crippen LogP contribution in [0.5, 0.6) is 0 Å². The van der Waals surface area contributed by atoms with Crippen LogP contribution in [0.2, 0.25) is 0 Å². The fraction of sp³-hybridized carbons (Fsp3) is 0.588. The van der Waals surface area contributed by atoms with E-state index in [4.69, 9.17) is 4.74 Å². The van der Waals surface area contributed by atoms with Crippen molar-refractivity contribution >= 4 is 5.91 Å². The molecule has 1 aromatic carbocycles. The van der Waals surface area contributed by atoms with Crippen LogP contribution in [-0.4, -0.2) is 37.6 Å². The summed E-state index contributed by atoms with van der Waals surface area (Å²) in [6.45, 7) is 2.52. The highest BCUT2D eigenvalue weighted by Crippen LogP contribution is 2.19. The molecule has 0 aromatic heterocycles. The average Bonchev–Trinajstić information content (AvgIpc) is 2.52. The third-order valence-electron chi connectivity index (χ3n) is 4.03. The van der Waals surface area contributed by atoms with E-state index in [1.807, 2.05) is 30.1 Å². The van der Waals surface area contributed by atoms with Crippen molar-refractivity contribution in [2.24, 2.45) is 5.92 Å². The summed E-state index contributed by atoms with van der Waals surface area (Å²) in [5.41, 5.74) is 1.29. The van der Waals surface area contributed by atoms with Crippen LogP contribution in [0.1, 0.15) is 31.2 Å². The Hall–Kier alpha value is -1.35. The van der Waals surface area contributed by atoms with E-state index in [1.165, 1.54) is 12.0 Å². The van der Waals surface area contributed by atoms with Gasteiger partial charge in [-0.2, -0.15) is 0 Å². The number of hydrogen-bond donors (Lipinski definition) is 0. The molecule has 0 bridgehead atoms. The predicted octanol–water partition coefficient (Wildman–Crippen LogP) is 2.89. The lowest BCUT2D eigenvalue weighted by atomic mass is 9.96. The zero-order chi connectivity index (χ0) is 14.2. The second kappa shape index (κ2) is 8.05. The Balaban J connectivity index is 1.66. The van der Waals surface area contributed by atoms with Gasteiger partial charge in [0.25, 0.3) is 0 Å². The molecule has 0 radical (unpaired) electrons. The molecule has 0 saturated carbocycles. The highest BCUT2D eigenvalue weighted by atomic mass is 16.5. The minimum absolute atomic E-state index is 0.256. The Kier molecular flexibility index (Phi) is 6.06. The molecule has 1 amide bonds. The summed E-state index contributed by atoms with van der Waals surface area (Å²) in [7, 11) is 1.91. The lowest BCUT2D eigenvalue weighted by molar-refractivity contribution is -0.130. The Bertz CT molecular complexity index is 399. The van der Waals surface area contributed by atoms with Crippen LogP contribution in [-0.2, 0) is 16.0 Å². The molecule has 0 aliphatic carbocycles. The molecule has 20 heavy (non-hydrogen) atoms. The number of benzene rings is 1. The zero-order valence-electron chi connectivity index (χ0n) is 12.4. The molecule has 0 spiro atoms. The first-order valence-electron chi connectivity index (χ1n) is 7.61. The number of carbonyl (C=O) groups excluding carboxylic acids is 1. The quantitative estimate of drug-likeness (QED) is 0.799. The molecular weight excluding hydrogens is 250 g/mol. The van der Waals surface area contributed by atoms with Gasteiger partial charge in [0.05, 0.1) is 0 Å². The molecule has 1 aliphatic rings. The summed E-state index contributed by atoms with van der Waals surface area (Å²) >= 11 is 0. The van der Waals surface area contributed by atoms with Crippen LogP contribution in [0, 0.1) is 5.92 Å². The maximum Gasteiger partial charge on any atom is 0.222 e. The van der Waals surface area contributed by atoms with Gasteiger partial charge in [-0.15, -0.1) is 0 Å². The molecular formula is C17H25NO2. The Labute approximate surface area is 121 Å². The van der Waals surface area contributed by atoms with Gasteiger partial charge in [0.1, 0.15) is 0 Å². The van der Waals surface area contributed by atoms with Crippen LogP contribution in [0.15, 0.2) is 30.3 Å². The molecule has 2 rings (SSSR count). The van der Waals surface area contributed by atoms with Crippen molar-refractivity contribution in [3.63, 3.8) is 0 Å². The number of ether oxygens (including phenoxy) is 1. The molecule has 1 fully saturated rings. The summed E-state index contributed by atoms with van der Waals surface area (Å²) in [5.74, 6) is 0.835. The Morgan fingerprint density at radius 3 is 2.85 bits per heavy atom. The van der Waals surface area contributed by atoms with E-state index in [0.717, 1.165) is 39.0 Å². The number of nitrogens with zero attached hydrogens (tertiary/aromatic N) is 1. The number of amides is 1. The van der Waals surface area contributed by atoms with E-state index in [-0.39, 0.29) is 5.91 Å². The second-order valence-corrected chi connectivity index (χ2v) is 5.67. The first-order valence-corrected chi connectivity index (χ1v) is 7.61. The minimum Gasteiger partial charge on any atom is -0.381 e. The van der Waals surface area contributed by atoms with Crippen molar-refractivity contribution in [3.05, 3.63) is 35.9 Å². The Morgan fingerprint density at radius 2 is 2.15 bits per heavy atom. The second-order valence-electron chi connectivity index (χ2n) is 5.67. The lowest BCUT2D eigenvalue weighted by Crippen LogP contribution is -2.29. The van der Waals surface area contributed by atoms with Crippen LogP contribution >= 0.6 is 0 Å². The summed E-state index contributed by atoms with van der Waals surface area (Å²) < 4.78 is 5.46. The largest absolute Gasteiger partial charge is 0.381 e. The summed E-state index contributed by atoms with van der Waals surface area (Å²) in [6, 6.07) is 10.3. The normalized spacial score (nSPS) is 18.8. The summed E-state index contributed by atoms with van der Waals surface area (Å²) in [5, 5.41) is 0. The molecule has 1 atom stereocenters. The SMILES string of the molecule is CN(CCc1ccccc1)C(=O)CCC1CCCOC1. The van der Waals surface area contributed by atoms with Crippen LogP contribution in [0.3, 0.4) is 0 Å². The van der Waals surface area contributed by atoms with Gasteiger partial charge in [0, 0.05) is 33.2 Å². The highest BCUT2D eigenvalue weighted by molar-refractivity contribution is 5.75. The Morgan fingerprint density at radius 1 is 1.35 bits per heavy atom. The third-order valence-corrected chi connectivity index (χ3v) is 4.03. The van der Waals surface area contributed by atoms with E-state index >= 15 is 0 Å². The fourth-order valence-electron chi connectivity index (χ4n) is 2.62. The molecule has 1 aromatic rings. The van der Waals surface area contributed by atoms with Crippen LogP contribution in [0.4, 0.5) is 0 Å². The lowest BCUT2D eigenvalue weighted by Gasteiger charge is -2.23. The molecule has 0 N–H and O–H groups in total.